The van der Waals surface area contributed by atoms with Crippen molar-refractivity contribution in [2.45, 2.75) is 38.0 Å². The quantitative estimate of drug-likeness (QED) is 0.667. The van der Waals surface area contributed by atoms with Gasteiger partial charge in [-0.2, -0.15) is 5.26 Å². The van der Waals surface area contributed by atoms with Gasteiger partial charge in [-0.1, -0.05) is 0 Å². The fourth-order valence-corrected chi connectivity index (χ4v) is 3.93. The van der Waals surface area contributed by atoms with Crippen molar-refractivity contribution in [2.75, 3.05) is 31.2 Å². The Morgan fingerprint density at radius 2 is 2.06 bits per heavy atom. The fraction of sp³-hybridized carbons (Fsp3) is 0.409. The molecule has 1 aliphatic rings. The van der Waals surface area contributed by atoms with Crippen LogP contribution in [0, 0.1) is 11.3 Å². The van der Waals surface area contributed by atoms with Gasteiger partial charge in [0, 0.05) is 24.2 Å². The van der Waals surface area contributed by atoms with E-state index in [4.69, 9.17) is 5.73 Å². The molecule has 9 heteroatoms. The highest BCUT2D eigenvalue weighted by Gasteiger charge is 2.26. The van der Waals surface area contributed by atoms with E-state index in [-0.39, 0.29) is 17.3 Å². The smallest absolute Gasteiger partial charge is 0.263 e. The van der Waals surface area contributed by atoms with Crippen molar-refractivity contribution in [3.05, 3.63) is 47.5 Å². The number of hydrogen-bond acceptors (Lipinski definition) is 7. The van der Waals surface area contributed by atoms with Crippen molar-refractivity contribution in [3.8, 4) is 6.07 Å². The first-order valence-electron chi connectivity index (χ1n) is 10.3. The number of amides is 1. The molecule has 0 aliphatic carbocycles. The molecule has 0 saturated carbocycles. The van der Waals surface area contributed by atoms with Crippen molar-refractivity contribution in [1.29, 1.82) is 5.26 Å². The van der Waals surface area contributed by atoms with Gasteiger partial charge in [0.05, 0.1) is 23.4 Å². The van der Waals surface area contributed by atoms with Crippen LogP contribution < -0.4 is 11.1 Å². The molecule has 1 aliphatic heterocycles. The molecule has 0 aromatic carbocycles. The second-order valence-electron chi connectivity index (χ2n) is 8.60. The van der Waals surface area contributed by atoms with Gasteiger partial charge in [0.1, 0.15) is 5.56 Å². The van der Waals surface area contributed by atoms with Crippen molar-refractivity contribution in [1.82, 2.24) is 24.5 Å². The van der Waals surface area contributed by atoms with Gasteiger partial charge in [-0.25, -0.2) is 9.50 Å². The zero-order valence-electron chi connectivity index (χ0n) is 18.0. The Labute approximate surface area is 180 Å². The van der Waals surface area contributed by atoms with Crippen LogP contribution in [-0.4, -0.2) is 50.5 Å². The third-order valence-electron chi connectivity index (χ3n) is 5.99. The van der Waals surface area contributed by atoms with Gasteiger partial charge in [-0.05, 0) is 64.4 Å². The molecular weight excluding hydrogens is 392 g/mol. The topological polar surface area (TPSA) is 125 Å². The number of fused-ring (bicyclic) bond motifs is 1. The van der Waals surface area contributed by atoms with Crippen LogP contribution in [0.2, 0.25) is 0 Å². The average Bonchev–Trinajstić information content (AvgIpc) is 3.09. The summed E-state index contributed by atoms with van der Waals surface area (Å²) in [6.45, 7) is 5.63. The van der Waals surface area contributed by atoms with Crippen LogP contribution in [0.15, 0.2) is 30.9 Å². The summed E-state index contributed by atoms with van der Waals surface area (Å²) in [5.74, 6) is 0.0702. The number of nitrogens with two attached hydrogens (primary N) is 1. The Morgan fingerprint density at radius 1 is 1.32 bits per heavy atom. The second-order valence-corrected chi connectivity index (χ2v) is 8.60. The van der Waals surface area contributed by atoms with Crippen LogP contribution in [0.25, 0.3) is 5.65 Å². The summed E-state index contributed by atoms with van der Waals surface area (Å²) < 4.78 is 1.46. The number of pyridine rings is 1. The Balaban J connectivity index is 1.64. The number of carbonyl (C=O) groups excluding carboxylic acids is 1. The fourth-order valence-electron chi connectivity index (χ4n) is 3.93. The third-order valence-corrected chi connectivity index (χ3v) is 5.99. The number of nitriles is 1. The van der Waals surface area contributed by atoms with Gasteiger partial charge in [0.25, 0.3) is 5.91 Å². The van der Waals surface area contributed by atoms with E-state index in [9.17, 15) is 10.1 Å². The molecule has 1 fully saturated rings. The number of nitrogens with zero attached hydrogens (tertiary/aromatic N) is 6. The maximum absolute atomic E-state index is 13.2. The van der Waals surface area contributed by atoms with Crippen LogP contribution in [0.3, 0.4) is 0 Å². The molecule has 0 bridgehead atoms. The van der Waals surface area contributed by atoms with Crippen LogP contribution in [-0.2, 0) is 5.41 Å². The van der Waals surface area contributed by atoms with E-state index in [1.165, 1.54) is 4.52 Å². The Morgan fingerprint density at radius 3 is 2.77 bits per heavy atom. The highest BCUT2D eigenvalue weighted by atomic mass is 16.1. The molecule has 160 valence electrons. The number of aromatic nitrogens is 4. The van der Waals surface area contributed by atoms with Gasteiger partial charge in [-0.15, -0.1) is 5.10 Å². The summed E-state index contributed by atoms with van der Waals surface area (Å²) >= 11 is 0. The second kappa shape index (κ2) is 7.96. The summed E-state index contributed by atoms with van der Waals surface area (Å²) in [5.41, 5.74) is 8.35. The van der Waals surface area contributed by atoms with Crippen molar-refractivity contribution in [3.63, 3.8) is 0 Å². The SMILES string of the molecule is CN1CCC(c2ccncc2NC(=O)c2c(N)nn3cc(C(C)(C)C#N)cnc23)CC1. The summed E-state index contributed by atoms with van der Waals surface area (Å²) in [6, 6.07) is 4.21. The average molecular weight is 419 g/mol. The van der Waals surface area contributed by atoms with E-state index < -0.39 is 5.41 Å². The Bertz CT molecular complexity index is 1170. The predicted octanol–water partition coefficient (Wildman–Crippen LogP) is 2.57. The summed E-state index contributed by atoms with van der Waals surface area (Å²) in [5, 5.41) is 16.6. The highest BCUT2D eigenvalue weighted by Crippen LogP contribution is 2.32. The number of rotatable bonds is 4. The van der Waals surface area contributed by atoms with Crippen LogP contribution in [0.1, 0.15) is 54.1 Å². The summed E-state index contributed by atoms with van der Waals surface area (Å²) in [4.78, 5) is 24.1. The van der Waals surface area contributed by atoms with Crippen LogP contribution in [0.5, 0.6) is 0 Å². The minimum atomic E-state index is -0.733. The summed E-state index contributed by atoms with van der Waals surface area (Å²) in [7, 11) is 2.12. The van der Waals surface area contributed by atoms with Gasteiger partial charge in [0.15, 0.2) is 11.5 Å². The van der Waals surface area contributed by atoms with Crippen molar-refractivity contribution in [2.24, 2.45) is 0 Å². The molecular formula is C22H26N8O. The Kier molecular flexibility index (Phi) is 5.33. The summed E-state index contributed by atoms with van der Waals surface area (Å²) in [6.07, 6.45) is 8.77. The molecule has 0 atom stereocenters. The molecule has 4 heterocycles. The number of nitrogen functional groups attached to an aromatic ring is 1. The van der Waals surface area contributed by atoms with Crippen LogP contribution >= 0.6 is 0 Å². The maximum atomic E-state index is 13.2. The van der Waals surface area contributed by atoms with E-state index in [0.717, 1.165) is 31.5 Å². The standard InChI is InChI=1S/C22H26N8O/c1-22(2,13-23)15-10-26-20-18(19(24)28-30(20)12-15)21(31)27-17-11-25-7-4-16(17)14-5-8-29(3)9-6-14/h4,7,10-12,14H,5-6,8-9H2,1-3H3,(H2,24,28)(H,27,31). The first-order valence-corrected chi connectivity index (χ1v) is 10.3. The molecule has 0 spiro atoms. The molecule has 3 N–H and O–H groups in total. The predicted molar refractivity (Wildman–Crippen MR) is 118 cm³/mol. The van der Waals surface area contributed by atoms with Crippen molar-refractivity contribution < 1.29 is 4.79 Å². The molecule has 1 saturated heterocycles. The van der Waals surface area contributed by atoms with E-state index in [2.05, 4.69) is 38.4 Å². The van der Waals surface area contributed by atoms with Gasteiger partial charge < -0.3 is 16.0 Å². The molecule has 1 amide bonds. The van der Waals surface area contributed by atoms with E-state index in [0.29, 0.717) is 22.8 Å². The minimum Gasteiger partial charge on any atom is -0.381 e. The van der Waals surface area contributed by atoms with E-state index >= 15 is 0 Å². The minimum absolute atomic E-state index is 0.0849. The highest BCUT2D eigenvalue weighted by molar-refractivity contribution is 6.11. The van der Waals surface area contributed by atoms with Gasteiger partial charge >= 0.3 is 0 Å². The zero-order chi connectivity index (χ0) is 22.2. The molecule has 0 unspecified atom stereocenters. The van der Waals surface area contributed by atoms with Gasteiger partial charge in [-0.3, -0.25) is 9.78 Å². The number of nitrogens with one attached hydrogen (secondary N) is 1. The molecule has 0 radical (unpaired) electrons. The number of hydrogen-bond donors (Lipinski definition) is 2. The molecule has 3 aromatic rings. The van der Waals surface area contributed by atoms with Gasteiger partial charge in [0.2, 0.25) is 0 Å². The first kappa shape index (κ1) is 20.8. The first-order chi connectivity index (χ1) is 14.8. The third kappa shape index (κ3) is 3.94. The van der Waals surface area contributed by atoms with E-state index in [1.54, 1.807) is 38.6 Å². The lowest BCUT2D eigenvalue weighted by molar-refractivity contribution is 0.102. The number of piperidine rings is 1. The zero-order valence-corrected chi connectivity index (χ0v) is 18.0. The normalized spacial score (nSPS) is 15.7. The molecule has 4 rings (SSSR count). The van der Waals surface area contributed by atoms with Crippen molar-refractivity contribution >= 4 is 23.1 Å². The number of carbonyl (C=O) groups is 1. The van der Waals surface area contributed by atoms with E-state index in [1.807, 2.05) is 6.07 Å². The lowest BCUT2D eigenvalue weighted by atomic mass is 9.89. The molecule has 9 nitrogen and oxygen atoms in total. The molecule has 31 heavy (non-hydrogen) atoms. The lowest BCUT2D eigenvalue weighted by Gasteiger charge is -2.30. The monoisotopic (exact) mass is 418 g/mol. The van der Waals surface area contributed by atoms with Crippen LogP contribution in [0.4, 0.5) is 11.5 Å². The largest absolute Gasteiger partial charge is 0.381 e. The number of likely N-dealkylation sites (tertiary alicyclic amines) is 1. The lowest BCUT2D eigenvalue weighted by Crippen LogP contribution is -2.29. The number of anilines is 2. The maximum Gasteiger partial charge on any atom is 0.263 e. The molecule has 3 aromatic heterocycles. The Hall–Kier alpha value is -3.51.